The van der Waals surface area contributed by atoms with Crippen LogP contribution in [0.25, 0.3) is 0 Å². The Morgan fingerprint density at radius 3 is 2.65 bits per heavy atom. The number of hydrogen-bond donors (Lipinski definition) is 2. The van der Waals surface area contributed by atoms with Crippen LogP contribution in [0, 0.1) is 0 Å². The molecule has 0 bridgehead atoms. The smallest absolute Gasteiger partial charge is 0.337 e. The average molecular weight is 256 g/mol. The summed E-state index contributed by atoms with van der Waals surface area (Å²) in [5.74, 6) is -1.35. The minimum Gasteiger partial charge on any atom is -0.465 e. The predicted molar refractivity (Wildman–Crippen MR) is 57.8 cm³/mol. The molecule has 1 amide bonds. The van der Waals surface area contributed by atoms with E-state index in [9.17, 15) is 18.0 Å². The molecule has 1 aliphatic rings. The number of anilines is 1. The molecule has 0 saturated heterocycles. The van der Waals surface area contributed by atoms with Gasteiger partial charge in [-0.1, -0.05) is 0 Å². The summed E-state index contributed by atoms with van der Waals surface area (Å²) in [6.07, 6.45) is 0. The van der Waals surface area contributed by atoms with E-state index >= 15 is 0 Å². The number of amides is 1. The lowest BCUT2D eigenvalue weighted by molar-refractivity contribution is 0.0600. The Morgan fingerprint density at radius 1 is 1.29 bits per heavy atom. The first-order valence-electron chi connectivity index (χ1n) is 4.50. The van der Waals surface area contributed by atoms with Gasteiger partial charge in [-0.15, -0.1) is 0 Å². The van der Waals surface area contributed by atoms with Gasteiger partial charge in [0.1, 0.15) is 0 Å². The van der Waals surface area contributed by atoms with Crippen LogP contribution in [-0.2, 0) is 14.9 Å². The van der Waals surface area contributed by atoms with Gasteiger partial charge in [-0.05, 0) is 18.2 Å². The van der Waals surface area contributed by atoms with Crippen LogP contribution in [0.3, 0.4) is 0 Å². The quantitative estimate of drug-likeness (QED) is 0.682. The molecule has 0 saturated carbocycles. The number of benzene rings is 1. The Morgan fingerprint density at radius 2 is 2.00 bits per heavy atom. The number of ether oxygens (including phenoxy) is 1. The molecule has 17 heavy (non-hydrogen) atoms. The van der Waals surface area contributed by atoms with E-state index in [-0.39, 0.29) is 16.8 Å². The van der Waals surface area contributed by atoms with Gasteiger partial charge in [0.05, 0.1) is 23.9 Å². The predicted octanol–water partition coefficient (Wildman–Crippen LogP) is -0.127. The van der Waals surface area contributed by atoms with Crippen molar-refractivity contribution in [1.82, 2.24) is 4.72 Å². The molecule has 0 fully saturated rings. The third-order valence-corrected chi connectivity index (χ3v) is 3.10. The van der Waals surface area contributed by atoms with Gasteiger partial charge in [-0.3, -0.25) is 9.52 Å². The summed E-state index contributed by atoms with van der Waals surface area (Å²) in [6.45, 7) is 0. The SMILES string of the molecule is COC(=O)c1ccc2c(c1)NS(=O)(=O)NC2=O. The molecule has 2 rings (SSSR count). The number of fused-ring (bicyclic) bond motifs is 1. The number of hydrogen-bond acceptors (Lipinski definition) is 5. The topological polar surface area (TPSA) is 102 Å². The van der Waals surface area contributed by atoms with Gasteiger partial charge in [-0.25, -0.2) is 9.52 Å². The van der Waals surface area contributed by atoms with Gasteiger partial charge in [-0.2, -0.15) is 8.42 Å². The van der Waals surface area contributed by atoms with Crippen LogP contribution in [0.15, 0.2) is 18.2 Å². The van der Waals surface area contributed by atoms with Crippen molar-refractivity contribution in [2.24, 2.45) is 0 Å². The van der Waals surface area contributed by atoms with Crippen molar-refractivity contribution in [2.75, 3.05) is 11.8 Å². The summed E-state index contributed by atoms with van der Waals surface area (Å²) in [6, 6.07) is 3.97. The zero-order chi connectivity index (χ0) is 12.6. The zero-order valence-corrected chi connectivity index (χ0v) is 9.50. The first-order valence-corrected chi connectivity index (χ1v) is 5.98. The molecule has 0 atom stereocenters. The monoisotopic (exact) mass is 256 g/mol. The maximum absolute atomic E-state index is 11.4. The summed E-state index contributed by atoms with van der Waals surface area (Å²) in [5.41, 5.74) is 0.354. The fraction of sp³-hybridized carbons (Fsp3) is 0.111. The Hall–Kier alpha value is -2.09. The minimum atomic E-state index is -3.90. The molecule has 1 aliphatic heterocycles. The normalized spacial score (nSPS) is 16.4. The molecule has 0 unspecified atom stereocenters. The van der Waals surface area contributed by atoms with Gasteiger partial charge < -0.3 is 4.74 Å². The van der Waals surface area contributed by atoms with Crippen LogP contribution >= 0.6 is 0 Å². The summed E-state index contributed by atoms with van der Waals surface area (Å²) in [5, 5.41) is 0. The molecule has 0 aromatic heterocycles. The molecule has 90 valence electrons. The number of methoxy groups -OCH3 is 1. The lowest BCUT2D eigenvalue weighted by Gasteiger charge is -2.18. The highest BCUT2D eigenvalue weighted by atomic mass is 32.2. The second kappa shape index (κ2) is 3.74. The molecular formula is C9H8N2O5S. The highest BCUT2D eigenvalue weighted by Gasteiger charge is 2.26. The van der Waals surface area contributed by atoms with Crippen molar-refractivity contribution in [2.45, 2.75) is 0 Å². The number of nitrogens with one attached hydrogen (secondary N) is 2. The van der Waals surface area contributed by atoms with E-state index in [1.54, 1.807) is 4.72 Å². The van der Waals surface area contributed by atoms with Gasteiger partial charge in [0.25, 0.3) is 5.91 Å². The summed E-state index contributed by atoms with van der Waals surface area (Å²) < 4.78 is 30.8. The van der Waals surface area contributed by atoms with E-state index < -0.39 is 22.1 Å². The van der Waals surface area contributed by atoms with Crippen molar-refractivity contribution in [1.29, 1.82) is 0 Å². The van der Waals surface area contributed by atoms with Crippen molar-refractivity contribution in [3.8, 4) is 0 Å². The lowest BCUT2D eigenvalue weighted by Crippen LogP contribution is -2.40. The summed E-state index contributed by atoms with van der Waals surface area (Å²) in [4.78, 5) is 22.6. The van der Waals surface area contributed by atoms with Crippen LogP contribution in [0.4, 0.5) is 5.69 Å². The molecule has 8 heteroatoms. The molecule has 1 aromatic carbocycles. The van der Waals surface area contributed by atoms with Crippen molar-refractivity contribution in [3.05, 3.63) is 29.3 Å². The molecule has 0 radical (unpaired) electrons. The second-order valence-electron chi connectivity index (χ2n) is 3.29. The van der Waals surface area contributed by atoms with E-state index in [1.807, 2.05) is 0 Å². The fourth-order valence-corrected chi connectivity index (χ4v) is 2.28. The van der Waals surface area contributed by atoms with E-state index in [1.165, 1.54) is 25.3 Å². The van der Waals surface area contributed by atoms with Crippen molar-refractivity contribution in [3.63, 3.8) is 0 Å². The first kappa shape index (κ1) is 11.4. The van der Waals surface area contributed by atoms with Gasteiger partial charge in [0, 0.05) is 0 Å². The van der Waals surface area contributed by atoms with Gasteiger partial charge >= 0.3 is 16.2 Å². The van der Waals surface area contributed by atoms with E-state index in [2.05, 4.69) is 9.46 Å². The highest BCUT2D eigenvalue weighted by molar-refractivity contribution is 7.91. The summed E-state index contributed by atoms with van der Waals surface area (Å²) >= 11 is 0. The first-order chi connectivity index (χ1) is 7.93. The van der Waals surface area contributed by atoms with Crippen molar-refractivity contribution < 1.29 is 22.7 Å². The zero-order valence-electron chi connectivity index (χ0n) is 8.68. The van der Waals surface area contributed by atoms with Gasteiger partial charge in [0.2, 0.25) is 0 Å². The molecule has 0 spiro atoms. The number of esters is 1. The van der Waals surface area contributed by atoms with Crippen LogP contribution in [0.1, 0.15) is 20.7 Å². The standard InChI is InChI=1S/C9H8N2O5S/c1-16-9(13)5-2-3-6-7(4-5)10-17(14,15)11-8(6)12/h2-4,10H,1H3,(H,11,12). The largest absolute Gasteiger partial charge is 0.465 e. The maximum atomic E-state index is 11.4. The Balaban J connectivity index is 2.52. The fourth-order valence-electron chi connectivity index (χ4n) is 1.42. The molecule has 0 aliphatic carbocycles. The van der Waals surface area contributed by atoms with Crippen LogP contribution < -0.4 is 9.44 Å². The Labute approximate surface area is 97.0 Å². The number of carbonyl (C=O) groups is 2. The minimum absolute atomic E-state index is 0.0525. The Bertz CT molecular complexity index is 608. The van der Waals surface area contributed by atoms with E-state index in [4.69, 9.17) is 0 Å². The lowest BCUT2D eigenvalue weighted by atomic mass is 10.1. The van der Waals surface area contributed by atoms with E-state index in [0.29, 0.717) is 0 Å². The highest BCUT2D eigenvalue weighted by Crippen LogP contribution is 2.22. The van der Waals surface area contributed by atoms with Crippen LogP contribution in [-0.4, -0.2) is 27.4 Å². The number of rotatable bonds is 1. The number of carbonyl (C=O) groups excluding carboxylic acids is 2. The Kier molecular flexibility index (Phi) is 2.50. The molecule has 2 N–H and O–H groups in total. The van der Waals surface area contributed by atoms with Crippen LogP contribution in [0.2, 0.25) is 0 Å². The van der Waals surface area contributed by atoms with Crippen molar-refractivity contribution >= 4 is 27.8 Å². The van der Waals surface area contributed by atoms with E-state index in [0.717, 1.165) is 0 Å². The molecular weight excluding hydrogens is 248 g/mol. The maximum Gasteiger partial charge on any atom is 0.337 e. The average Bonchev–Trinajstić information content (AvgIpc) is 2.25. The third-order valence-electron chi connectivity index (χ3n) is 2.16. The van der Waals surface area contributed by atoms with Gasteiger partial charge in [0.15, 0.2) is 0 Å². The molecule has 1 aromatic rings. The molecule has 1 heterocycles. The molecule has 7 nitrogen and oxygen atoms in total. The second-order valence-corrected chi connectivity index (χ2v) is 4.70. The summed E-state index contributed by atoms with van der Waals surface area (Å²) in [7, 11) is -2.69. The third kappa shape index (κ3) is 2.07. The van der Waals surface area contributed by atoms with Crippen LogP contribution in [0.5, 0.6) is 0 Å².